The van der Waals surface area contributed by atoms with E-state index < -0.39 is 0 Å². The van der Waals surface area contributed by atoms with E-state index in [9.17, 15) is 0 Å². The molecule has 1 aromatic carbocycles. The van der Waals surface area contributed by atoms with Gasteiger partial charge in [-0.05, 0) is 24.7 Å². The van der Waals surface area contributed by atoms with Gasteiger partial charge in [0.1, 0.15) is 5.75 Å². The number of morpholine rings is 1. The molecule has 3 heterocycles. The van der Waals surface area contributed by atoms with Crippen molar-refractivity contribution in [2.75, 3.05) is 33.3 Å². The fourth-order valence-electron chi connectivity index (χ4n) is 3.44. The molecular formula is C18H22N4O2. The molecule has 2 aliphatic rings. The maximum Gasteiger partial charge on any atom is 0.237 e. The summed E-state index contributed by atoms with van der Waals surface area (Å²) in [6.45, 7) is 4.89. The Labute approximate surface area is 142 Å². The van der Waals surface area contributed by atoms with Crippen LogP contribution < -0.4 is 4.74 Å². The molecular weight excluding hydrogens is 304 g/mol. The highest BCUT2D eigenvalue weighted by Gasteiger charge is 2.38. The number of hydrogen-bond acceptors (Lipinski definition) is 6. The van der Waals surface area contributed by atoms with E-state index in [1.54, 1.807) is 18.6 Å². The smallest absolute Gasteiger partial charge is 0.237 e. The predicted octanol–water partition coefficient (Wildman–Crippen LogP) is 1.78. The summed E-state index contributed by atoms with van der Waals surface area (Å²) in [6, 6.07) is 8.71. The van der Waals surface area contributed by atoms with Gasteiger partial charge in [-0.3, -0.25) is 14.8 Å². The average Bonchev–Trinajstić information content (AvgIpc) is 3.02. The number of fused-ring (bicyclic) bond motifs is 1. The molecule has 126 valence electrons. The number of likely N-dealkylation sites (tertiary alicyclic amines) is 1. The first-order chi connectivity index (χ1) is 11.8. The van der Waals surface area contributed by atoms with Gasteiger partial charge in [0.25, 0.3) is 0 Å². The number of likely N-dealkylation sites (N-methyl/N-ethyl adjacent to an activating group) is 1. The highest BCUT2D eigenvalue weighted by Crippen LogP contribution is 2.24. The molecule has 2 saturated heterocycles. The van der Waals surface area contributed by atoms with Gasteiger partial charge in [0.2, 0.25) is 5.88 Å². The summed E-state index contributed by atoms with van der Waals surface area (Å²) in [4.78, 5) is 13.0. The Hall–Kier alpha value is -2.02. The van der Waals surface area contributed by atoms with Crippen LogP contribution in [0.15, 0.2) is 42.9 Å². The van der Waals surface area contributed by atoms with E-state index >= 15 is 0 Å². The zero-order valence-electron chi connectivity index (χ0n) is 13.8. The van der Waals surface area contributed by atoms with Gasteiger partial charge in [0.15, 0.2) is 0 Å². The standard InChI is InChI=1S/C18H22N4O2/c1-21-8-9-23-17-13-22(12-16(17)21)11-14-2-4-15(5-3-14)24-18-10-19-6-7-20-18/h2-7,10,16-17H,8-9,11-13H2,1H3. The molecule has 2 aliphatic heterocycles. The van der Waals surface area contributed by atoms with E-state index in [4.69, 9.17) is 9.47 Å². The topological polar surface area (TPSA) is 50.7 Å². The van der Waals surface area contributed by atoms with E-state index in [2.05, 4.69) is 38.9 Å². The van der Waals surface area contributed by atoms with Gasteiger partial charge in [0, 0.05) is 44.6 Å². The third-order valence-electron chi connectivity index (χ3n) is 4.75. The molecule has 0 bridgehead atoms. The van der Waals surface area contributed by atoms with Crippen LogP contribution in [0.2, 0.25) is 0 Å². The summed E-state index contributed by atoms with van der Waals surface area (Å²) in [5, 5.41) is 0. The highest BCUT2D eigenvalue weighted by atomic mass is 16.5. The lowest BCUT2D eigenvalue weighted by atomic mass is 10.1. The summed E-state index contributed by atoms with van der Waals surface area (Å²) in [5.74, 6) is 1.28. The first kappa shape index (κ1) is 15.5. The fraction of sp³-hybridized carbons (Fsp3) is 0.444. The van der Waals surface area contributed by atoms with Crippen molar-refractivity contribution < 1.29 is 9.47 Å². The first-order valence-electron chi connectivity index (χ1n) is 8.35. The summed E-state index contributed by atoms with van der Waals surface area (Å²) in [5.41, 5.74) is 1.28. The van der Waals surface area contributed by atoms with Crippen LogP contribution in [0, 0.1) is 0 Å². The van der Waals surface area contributed by atoms with Crippen molar-refractivity contribution in [3.05, 3.63) is 48.4 Å². The minimum absolute atomic E-state index is 0.350. The Bertz CT molecular complexity index is 664. The molecule has 6 nitrogen and oxygen atoms in total. The molecule has 2 atom stereocenters. The van der Waals surface area contributed by atoms with Crippen molar-refractivity contribution in [1.29, 1.82) is 0 Å². The van der Waals surface area contributed by atoms with Crippen molar-refractivity contribution >= 4 is 0 Å². The normalized spacial score (nSPS) is 24.7. The molecule has 2 fully saturated rings. The minimum atomic E-state index is 0.350. The number of benzene rings is 1. The number of nitrogens with zero attached hydrogens (tertiary/aromatic N) is 4. The van der Waals surface area contributed by atoms with E-state index in [1.807, 2.05) is 12.1 Å². The van der Waals surface area contributed by atoms with Crippen LogP contribution in [0.4, 0.5) is 0 Å². The number of aromatic nitrogens is 2. The number of ether oxygens (including phenoxy) is 2. The third kappa shape index (κ3) is 3.40. The van der Waals surface area contributed by atoms with Gasteiger partial charge >= 0.3 is 0 Å². The zero-order valence-corrected chi connectivity index (χ0v) is 13.8. The second kappa shape index (κ2) is 6.84. The maximum atomic E-state index is 5.91. The number of hydrogen-bond donors (Lipinski definition) is 0. The van der Waals surface area contributed by atoms with Gasteiger partial charge in [-0.2, -0.15) is 0 Å². The zero-order chi connectivity index (χ0) is 16.4. The monoisotopic (exact) mass is 326 g/mol. The molecule has 4 rings (SSSR count). The Morgan fingerprint density at radius 1 is 1.21 bits per heavy atom. The van der Waals surface area contributed by atoms with Crippen LogP contribution in [-0.2, 0) is 11.3 Å². The molecule has 0 saturated carbocycles. The molecule has 2 aromatic rings. The molecule has 1 aromatic heterocycles. The van der Waals surface area contributed by atoms with Crippen LogP contribution in [-0.4, -0.2) is 65.2 Å². The summed E-state index contributed by atoms with van der Waals surface area (Å²) >= 11 is 0. The molecule has 0 amide bonds. The molecule has 2 unspecified atom stereocenters. The third-order valence-corrected chi connectivity index (χ3v) is 4.75. The molecule has 6 heteroatoms. The Morgan fingerprint density at radius 2 is 2.08 bits per heavy atom. The van der Waals surface area contributed by atoms with Crippen LogP contribution in [0.3, 0.4) is 0 Å². The van der Waals surface area contributed by atoms with Gasteiger partial charge in [-0.15, -0.1) is 0 Å². The molecule has 0 N–H and O–H groups in total. The van der Waals surface area contributed by atoms with E-state index in [-0.39, 0.29) is 0 Å². The van der Waals surface area contributed by atoms with Crippen LogP contribution in [0.5, 0.6) is 11.6 Å². The lowest BCUT2D eigenvalue weighted by Gasteiger charge is -2.33. The molecule has 0 radical (unpaired) electrons. The van der Waals surface area contributed by atoms with Crippen molar-refractivity contribution in [3.63, 3.8) is 0 Å². The average molecular weight is 326 g/mol. The summed E-state index contributed by atoms with van der Waals surface area (Å²) in [6.07, 6.45) is 5.21. The van der Waals surface area contributed by atoms with E-state index in [0.29, 0.717) is 18.0 Å². The van der Waals surface area contributed by atoms with Crippen molar-refractivity contribution in [2.24, 2.45) is 0 Å². The Balaban J connectivity index is 1.36. The summed E-state index contributed by atoms with van der Waals surface area (Å²) < 4.78 is 11.6. The summed E-state index contributed by atoms with van der Waals surface area (Å²) in [7, 11) is 2.20. The Morgan fingerprint density at radius 3 is 2.83 bits per heavy atom. The second-order valence-electron chi connectivity index (χ2n) is 6.44. The van der Waals surface area contributed by atoms with Crippen LogP contribution >= 0.6 is 0 Å². The van der Waals surface area contributed by atoms with Crippen LogP contribution in [0.25, 0.3) is 0 Å². The number of rotatable bonds is 4. The van der Waals surface area contributed by atoms with Gasteiger partial charge in [-0.1, -0.05) is 12.1 Å². The molecule has 0 spiro atoms. The van der Waals surface area contributed by atoms with E-state index in [1.165, 1.54) is 5.56 Å². The largest absolute Gasteiger partial charge is 0.438 e. The van der Waals surface area contributed by atoms with Crippen molar-refractivity contribution in [2.45, 2.75) is 18.7 Å². The lowest BCUT2D eigenvalue weighted by molar-refractivity contribution is -0.0370. The SMILES string of the molecule is CN1CCOC2CN(Cc3ccc(Oc4cnccn4)cc3)CC21. The van der Waals surface area contributed by atoms with Gasteiger partial charge in [-0.25, -0.2) is 4.98 Å². The molecule has 0 aliphatic carbocycles. The van der Waals surface area contributed by atoms with E-state index in [0.717, 1.165) is 38.5 Å². The van der Waals surface area contributed by atoms with Gasteiger partial charge < -0.3 is 9.47 Å². The lowest BCUT2D eigenvalue weighted by Crippen LogP contribution is -2.48. The van der Waals surface area contributed by atoms with Crippen LogP contribution in [0.1, 0.15) is 5.56 Å². The maximum absolute atomic E-state index is 5.91. The Kier molecular flexibility index (Phi) is 4.42. The quantitative estimate of drug-likeness (QED) is 0.854. The van der Waals surface area contributed by atoms with Crippen molar-refractivity contribution in [1.82, 2.24) is 19.8 Å². The molecule has 24 heavy (non-hydrogen) atoms. The first-order valence-corrected chi connectivity index (χ1v) is 8.35. The van der Waals surface area contributed by atoms with Gasteiger partial charge in [0.05, 0.1) is 18.9 Å². The highest BCUT2D eigenvalue weighted by molar-refractivity contribution is 5.30. The predicted molar refractivity (Wildman–Crippen MR) is 90.0 cm³/mol. The minimum Gasteiger partial charge on any atom is -0.438 e. The fourth-order valence-corrected chi connectivity index (χ4v) is 3.44. The van der Waals surface area contributed by atoms with Crippen molar-refractivity contribution in [3.8, 4) is 11.6 Å². The second-order valence-corrected chi connectivity index (χ2v) is 6.44.